The summed E-state index contributed by atoms with van der Waals surface area (Å²) >= 11 is 0. The lowest BCUT2D eigenvalue weighted by Crippen LogP contribution is -1.76. The molecule has 0 aliphatic heterocycles. The number of aliphatic hydroxyl groups is 1. The second kappa shape index (κ2) is 6.55. The molecule has 0 aliphatic rings. The normalized spacial score (nSPS) is 9.29. The Hall–Kier alpha value is -2.00. The maximum atomic E-state index is 9.28. The summed E-state index contributed by atoms with van der Waals surface area (Å²) in [6.45, 7) is 1.93. The van der Waals surface area contributed by atoms with Crippen LogP contribution >= 0.6 is 0 Å². The first-order valence-corrected chi connectivity index (χ1v) is 5.36. The molecule has 0 atom stereocenters. The Morgan fingerprint density at radius 1 is 0.824 bits per heavy atom. The van der Waals surface area contributed by atoms with Crippen LogP contribution in [0.3, 0.4) is 0 Å². The molecular formula is C14H16O3. The molecule has 3 N–H and O–H groups in total. The van der Waals surface area contributed by atoms with Crippen molar-refractivity contribution < 1.29 is 15.3 Å². The number of phenolic OH excluding ortho intramolecular Hbond substituents is 2. The fraction of sp³-hybridized carbons (Fsp3) is 0.143. The number of phenols is 2. The number of hydrogen-bond donors (Lipinski definition) is 3. The number of hydrogen-bond acceptors (Lipinski definition) is 3. The third kappa shape index (κ3) is 4.17. The minimum atomic E-state index is 0.228. The Bertz CT molecular complexity index is 423. The molecule has 17 heavy (non-hydrogen) atoms. The van der Waals surface area contributed by atoms with Gasteiger partial charge in [-0.05, 0) is 42.3 Å². The number of benzene rings is 2. The molecule has 0 bridgehead atoms. The van der Waals surface area contributed by atoms with Crippen molar-refractivity contribution in [3.05, 3.63) is 48.5 Å². The van der Waals surface area contributed by atoms with Gasteiger partial charge in [0.25, 0.3) is 0 Å². The van der Waals surface area contributed by atoms with Gasteiger partial charge in [0, 0.05) is 6.61 Å². The Morgan fingerprint density at radius 2 is 1.18 bits per heavy atom. The number of aromatic hydroxyl groups is 2. The van der Waals surface area contributed by atoms with E-state index in [1.54, 1.807) is 43.3 Å². The van der Waals surface area contributed by atoms with Gasteiger partial charge in [-0.1, -0.05) is 24.3 Å². The second-order valence-electron chi connectivity index (χ2n) is 3.42. The van der Waals surface area contributed by atoms with Crippen molar-refractivity contribution in [3.63, 3.8) is 0 Å². The smallest absolute Gasteiger partial charge is 0.116 e. The molecule has 2 rings (SSSR count). The van der Waals surface area contributed by atoms with E-state index in [0.717, 1.165) is 11.1 Å². The summed E-state index contributed by atoms with van der Waals surface area (Å²) in [6.07, 6.45) is 0. The van der Waals surface area contributed by atoms with E-state index in [-0.39, 0.29) is 18.1 Å². The molecule has 0 unspecified atom stereocenters. The van der Waals surface area contributed by atoms with Gasteiger partial charge in [0.05, 0.1) is 0 Å². The molecule has 0 aromatic heterocycles. The van der Waals surface area contributed by atoms with Crippen molar-refractivity contribution in [2.75, 3.05) is 6.61 Å². The highest BCUT2D eigenvalue weighted by Crippen LogP contribution is 2.25. The van der Waals surface area contributed by atoms with Crippen LogP contribution in [0.25, 0.3) is 11.1 Å². The summed E-state index contributed by atoms with van der Waals surface area (Å²) in [4.78, 5) is 0. The van der Waals surface area contributed by atoms with Crippen LogP contribution in [-0.2, 0) is 0 Å². The highest BCUT2D eigenvalue weighted by atomic mass is 16.3. The van der Waals surface area contributed by atoms with Crippen molar-refractivity contribution in [3.8, 4) is 22.6 Å². The summed E-state index contributed by atoms with van der Waals surface area (Å²) in [5.41, 5.74) is 1.78. The van der Waals surface area contributed by atoms with Crippen LogP contribution in [0, 0.1) is 0 Å². The molecular weight excluding hydrogens is 216 g/mol. The van der Waals surface area contributed by atoms with Crippen LogP contribution in [0.2, 0.25) is 0 Å². The van der Waals surface area contributed by atoms with Gasteiger partial charge in [-0.25, -0.2) is 0 Å². The number of aliphatic hydroxyl groups excluding tert-OH is 1. The Morgan fingerprint density at radius 3 is 1.47 bits per heavy atom. The van der Waals surface area contributed by atoms with Crippen molar-refractivity contribution >= 4 is 0 Å². The zero-order chi connectivity index (χ0) is 12.7. The lowest BCUT2D eigenvalue weighted by Gasteiger charge is -2.02. The van der Waals surface area contributed by atoms with Gasteiger partial charge in [0.2, 0.25) is 0 Å². The van der Waals surface area contributed by atoms with E-state index in [9.17, 15) is 10.2 Å². The zero-order valence-corrected chi connectivity index (χ0v) is 9.67. The largest absolute Gasteiger partial charge is 0.508 e. The SMILES string of the molecule is CCO.Oc1cccc(-c2cccc(O)c2)c1. The van der Waals surface area contributed by atoms with Crippen molar-refractivity contribution in [2.45, 2.75) is 6.92 Å². The van der Waals surface area contributed by atoms with E-state index < -0.39 is 0 Å². The fourth-order valence-corrected chi connectivity index (χ4v) is 1.37. The molecule has 2 aromatic carbocycles. The summed E-state index contributed by atoms with van der Waals surface area (Å²) in [5, 5.41) is 26.1. The molecule has 90 valence electrons. The van der Waals surface area contributed by atoms with E-state index >= 15 is 0 Å². The fourth-order valence-electron chi connectivity index (χ4n) is 1.37. The molecule has 2 aromatic rings. The molecule has 3 heteroatoms. The van der Waals surface area contributed by atoms with Crippen molar-refractivity contribution in [1.82, 2.24) is 0 Å². The van der Waals surface area contributed by atoms with E-state index in [1.807, 2.05) is 12.1 Å². The van der Waals surface area contributed by atoms with Crippen LogP contribution in [0.5, 0.6) is 11.5 Å². The predicted octanol–water partition coefficient (Wildman–Crippen LogP) is 2.76. The summed E-state index contributed by atoms with van der Waals surface area (Å²) in [6, 6.07) is 13.9. The van der Waals surface area contributed by atoms with Gasteiger partial charge in [0.1, 0.15) is 11.5 Å². The minimum Gasteiger partial charge on any atom is -0.508 e. The topological polar surface area (TPSA) is 60.7 Å². The molecule has 0 saturated heterocycles. The maximum absolute atomic E-state index is 9.28. The van der Waals surface area contributed by atoms with Gasteiger partial charge >= 0.3 is 0 Å². The average molecular weight is 232 g/mol. The second-order valence-corrected chi connectivity index (χ2v) is 3.42. The molecule has 3 nitrogen and oxygen atoms in total. The molecule has 0 radical (unpaired) electrons. The Kier molecular flexibility index (Phi) is 5.04. The summed E-state index contributed by atoms with van der Waals surface area (Å²) in [5.74, 6) is 0.455. The van der Waals surface area contributed by atoms with Crippen LogP contribution < -0.4 is 0 Å². The molecule has 0 amide bonds. The Balaban J connectivity index is 0.000000437. The predicted molar refractivity (Wildman–Crippen MR) is 68.0 cm³/mol. The first kappa shape index (κ1) is 13.1. The lowest BCUT2D eigenvalue weighted by atomic mass is 10.1. The minimum absolute atomic E-state index is 0.228. The molecule has 0 spiro atoms. The van der Waals surface area contributed by atoms with Crippen LogP contribution in [0.1, 0.15) is 6.92 Å². The third-order valence-electron chi connectivity index (χ3n) is 2.03. The highest BCUT2D eigenvalue weighted by molar-refractivity contribution is 5.66. The van der Waals surface area contributed by atoms with E-state index in [4.69, 9.17) is 5.11 Å². The first-order chi connectivity index (χ1) is 8.17. The molecule has 0 fully saturated rings. The Labute approximate surface area is 101 Å². The quantitative estimate of drug-likeness (QED) is 0.708. The zero-order valence-electron chi connectivity index (χ0n) is 9.67. The van der Waals surface area contributed by atoms with Crippen molar-refractivity contribution in [2.24, 2.45) is 0 Å². The van der Waals surface area contributed by atoms with Crippen molar-refractivity contribution in [1.29, 1.82) is 0 Å². The van der Waals surface area contributed by atoms with Gasteiger partial charge in [-0.15, -0.1) is 0 Å². The average Bonchev–Trinajstić information content (AvgIpc) is 2.30. The van der Waals surface area contributed by atoms with Crippen LogP contribution in [0.4, 0.5) is 0 Å². The van der Waals surface area contributed by atoms with Crippen LogP contribution in [-0.4, -0.2) is 21.9 Å². The molecule has 0 aliphatic carbocycles. The van der Waals surface area contributed by atoms with E-state index in [1.165, 1.54) is 0 Å². The van der Waals surface area contributed by atoms with E-state index in [0.29, 0.717) is 0 Å². The lowest BCUT2D eigenvalue weighted by molar-refractivity contribution is 0.318. The maximum Gasteiger partial charge on any atom is 0.116 e. The van der Waals surface area contributed by atoms with Gasteiger partial charge < -0.3 is 15.3 Å². The van der Waals surface area contributed by atoms with Crippen LogP contribution in [0.15, 0.2) is 48.5 Å². The van der Waals surface area contributed by atoms with Gasteiger partial charge in [0.15, 0.2) is 0 Å². The highest BCUT2D eigenvalue weighted by Gasteiger charge is 1.98. The van der Waals surface area contributed by atoms with E-state index in [2.05, 4.69) is 0 Å². The molecule has 0 saturated carbocycles. The van der Waals surface area contributed by atoms with Gasteiger partial charge in [-0.3, -0.25) is 0 Å². The summed E-state index contributed by atoms with van der Waals surface area (Å²) < 4.78 is 0. The standard InChI is InChI=1S/C12H10O2.C2H6O/c13-11-5-1-3-9(7-11)10-4-2-6-12(14)8-10;1-2-3/h1-8,13-14H;3H,2H2,1H3. The molecule has 0 heterocycles. The third-order valence-corrected chi connectivity index (χ3v) is 2.03. The number of rotatable bonds is 1. The summed E-state index contributed by atoms with van der Waals surface area (Å²) in [7, 11) is 0. The first-order valence-electron chi connectivity index (χ1n) is 5.36. The van der Waals surface area contributed by atoms with Gasteiger partial charge in [-0.2, -0.15) is 0 Å². The monoisotopic (exact) mass is 232 g/mol.